The van der Waals surface area contributed by atoms with Crippen molar-refractivity contribution in [3.8, 4) is 22.8 Å². The Balaban J connectivity index is 2.13. The molecule has 0 spiro atoms. The molecule has 0 fully saturated rings. The van der Waals surface area contributed by atoms with E-state index in [-0.39, 0.29) is 29.1 Å². The maximum absolute atomic E-state index is 11.3. The number of halogens is 2. The molecule has 166 valence electrons. The van der Waals surface area contributed by atoms with E-state index in [0.717, 1.165) is 6.26 Å². The number of fused-ring (bicyclic) bond motifs is 1. The van der Waals surface area contributed by atoms with Crippen LogP contribution in [-0.4, -0.2) is 56.9 Å². The first kappa shape index (κ1) is 23.1. The van der Waals surface area contributed by atoms with Crippen molar-refractivity contribution < 1.29 is 17.9 Å². The summed E-state index contributed by atoms with van der Waals surface area (Å²) in [6.07, 6.45) is 2.62. The number of nitrogen functional groups attached to an aromatic ring is 1. The van der Waals surface area contributed by atoms with Crippen LogP contribution in [0, 0.1) is 0 Å². The Hall–Kier alpha value is -2.60. The van der Waals surface area contributed by atoms with Crippen molar-refractivity contribution in [1.82, 2.24) is 19.7 Å². The molecule has 0 unspecified atom stereocenters. The van der Waals surface area contributed by atoms with E-state index in [1.54, 1.807) is 18.3 Å². The Kier molecular flexibility index (Phi) is 6.90. The second-order valence-electron chi connectivity index (χ2n) is 6.40. The summed E-state index contributed by atoms with van der Waals surface area (Å²) in [6.45, 7) is 0.382. The first-order valence-corrected chi connectivity index (χ1v) is 11.5. The highest BCUT2D eigenvalue weighted by atomic mass is 35.5. The molecule has 0 amide bonds. The maximum atomic E-state index is 11.3. The van der Waals surface area contributed by atoms with Crippen molar-refractivity contribution in [3.63, 3.8) is 0 Å². The smallest absolute Gasteiger partial charge is 0.220 e. The van der Waals surface area contributed by atoms with Crippen LogP contribution in [0.2, 0.25) is 10.0 Å². The van der Waals surface area contributed by atoms with Gasteiger partial charge >= 0.3 is 0 Å². The molecular weight excluding hydrogens is 467 g/mol. The number of nitrogens with one attached hydrogen (secondary N) is 2. The van der Waals surface area contributed by atoms with Gasteiger partial charge in [-0.1, -0.05) is 23.2 Å². The number of anilines is 2. The third-order valence-corrected chi connectivity index (χ3v) is 5.67. The molecule has 2 heterocycles. The average Bonchev–Trinajstić information content (AvgIpc) is 2.71. The first-order chi connectivity index (χ1) is 14.6. The number of methoxy groups -OCH3 is 2. The second-order valence-corrected chi connectivity index (χ2v) is 8.99. The predicted molar refractivity (Wildman–Crippen MR) is 122 cm³/mol. The highest BCUT2D eigenvalue weighted by Gasteiger charge is 2.21. The molecule has 3 aromatic rings. The van der Waals surface area contributed by atoms with Crippen LogP contribution in [-0.2, 0) is 10.0 Å². The van der Waals surface area contributed by atoms with Gasteiger partial charge in [-0.15, -0.1) is 0 Å². The van der Waals surface area contributed by atoms with Gasteiger partial charge < -0.3 is 20.5 Å². The van der Waals surface area contributed by atoms with Gasteiger partial charge in [0, 0.05) is 36.3 Å². The number of pyridine rings is 1. The van der Waals surface area contributed by atoms with Crippen molar-refractivity contribution in [3.05, 3.63) is 28.4 Å². The fourth-order valence-electron chi connectivity index (χ4n) is 2.83. The molecule has 3 rings (SSSR count). The zero-order valence-electron chi connectivity index (χ0n) is 16.9. The quantitative estimate of drug-likeness (QED) is 0.409. The number of rotatable bonds is 8. The summed E-state index contributed by atoms with van der Waals surface area (Å²) < 4.78 is 35.6. The lowest BCUT2D eigenvalue weighted by atomic mass is 10.1. The molecule has 0 aliphatic rings. The summed E-state index contributed by atoms with van der Waals surface area (Å²) in [5, 5.41) is 4.18. The van der Waals surface area contributed by atoms with Gasteiger partial charge in [0.2, 0.25) is 16.0 Å². The van der Waals surface area contributed by atoms with Crippen molar-refractivity contribution in [1.29, 1.82) is 0 Å². The minimum atomic E-state index is -3.32. The molecule has 13 heteroatoms. The molecule has 10 nitrogen and oxygen atoms in total. The summed E-state index contributed by atoms with van der Waals surface area (Å²) in [5.41, 5.74) is 7.00. The maximum Gasteiger partial charge on any atom is 0.220 e. The number of benzene rings is 1. The molecule has 4 N–H and O–H groups in total. The van der Waals surface area contributed by atoms with E-state index >= 15 is 0 Å². The Morgan fingerprint density at radius 2 is 1.71 bits per heavy atom. The molecule has 0 aliphatic carbocycles. The Labute approximate surface area is 189 Å². The Morgan fingerprint density at radius 1 is 1.06 bits per heavy atom. The highest BCUT2D eigenvalue weighted by molar-refractivity contribution is 7.88. The van der Waals surface area contributed by atoms with Gasteiger partial charge in [-0.3, -0.25) is 0 Å². The van der Waals surface area contributed by atoms with Crippen molar-refractivity contribution >= 4 is 55.9 Å². The summed E-state index contributed by atoms with van der Waals surface area (Å²) >= 11 is 13.1. The zero-order chi connectivity index (χ0) is 22.8. The van der Waals surface area contributed by atoms with Gasteiger partial charge in [-0.25, -0.2) is 28.1 Å². The largest absolute Gasteiger partial charge is 0.495 e. The Morgan fingerprint density at radius 3 is 2.29 bits per heavy atom. The fraction of sp³-hybridized carbons (Fsp3) is 0.278. The van der Waals surface area contributed by atoms with Crippen molar-refractivity contribution in [2.75, 3.05) is 44.6 Å². The van der Waals surface area contributed by atoms with Crippen LogP contribution in [0.3, 0.4) is 0 Å². The minimum absolute atomic E-state index is 0.0680. The van der Waals surface area contributed by atoms with E-state index in [4.69, 9.17) is 38.4 Å². The van der Waals surface area contributed by atoms with Crippen LogP contribution >= 0.6 is 23.2 Å². The first-order valence-electron chi connectivity index (χ1n) is 8.86. The number of aromatic nitrogens is 3. The second kappa shape index (κ2) is 9.27. The number of hydrogen-bond acceptors (Lipinski definition) is 9. The van der Waals surface area contributed by atoms with Gasteiger partial charge in [0.05, 0.1) is 36.2 Å². The van der Waals surface area contributed by atoms with E-state index in [1.807, 2.05) is 0 Å². The number of nitrogens with zero attached hydrogens (tertiary/aromatic N) is 3. The summed E-state index contributed by atoms with van der Waals surface area (Å²) in [7, 11) is -0.371. The number of sulfonamides is 1. The van der Waals surface area contributed by atoms with E-state index in [2.05, 4.69) is 25.0 Å². The molecule has 1 aromatic carbocycles. The highest BCUT2D eigenvalue weighted by Crippen LogP contribution is 2.46. The normalized spacial score (nSPS) is 11.5. The van der Waals surface area contributed by atoms with E-state index in [0.29, 0.717) is 39.5 Å². The minimum Gasteiger partial charge on any atom is -0.495 e. The number of nitrogens with two attached hydrogens (primary N) is 1. The lowest BCUT2D eigenvalue weighted by Gasteiger charge is -2.16. The van der Waals surface area contributed by atoms with Gasteiger partial charge in [0.1, 0.15) is 17.0 Å². The van der Waals surface area contributed by atoms with Crippen LogP contribution in [0.4, 0.5) is 11.8 Å². The molecular formula is C18H20Cl2N6O4S. The lowest BCUT2D eigenvalue weighted by molar-refractivity contribution is 0.395. The van der Waals surface area contributed by atoms with Gasteiger partial charge in [-0.05, 0) is 6.07 Å². The molecule has 31 heavy (non-hydrogen) atoms. The van der Waals surface area contributed by atoms with Crippen molar-refractivity contribution in [2.45, 2.75) is 0 Å². The van der Waals surface area contributed by atoms with E-state index in [9.17, 15) is 8.42 Å². The molecule has 0 bridgehead atoms. The van der Waals surface area contributed by atoms with Crippen LogP contribution in [0.5, 0.6) is 11.5 Å². The SMILES string of the molecule is COc1cc(OC)c(Cl)c(-c2cc3cnc(N)nc3c(NCCNS(C)(=O)=O)n2)c1Cl. The van der Waals surface area contributed by atoms with Crippen LogP contribution in [0.1, 0.15) is 0 Å². The van der Waals surface area contributed by atoms with Crippen LogP contribution < -0.4 is 25.2 Å². The third-order valence-electron chi connectivity index (χ3n) is 4.20. The molecule has 0 radical (unpaired) electrons. The van der Waals surface area contributed by atoms with E-state index in [1.165, 1.54) is 14.2 Å². The molecule has 2 aromatic heterocycles. The number of ether oxygens (including phenoxy) is 2. The standard InChI is InChI=1S/C18H20Cl2N6O4S/c1-29-11-7-12(30-2)15(20)13(14(11)19)10-6-9-8-23-18(21)26-16(9)17(25-10)22-4-5-24-31(3,27)28/h6-8,24H,4-5H2,1-3H3,(H,22,25)(H2,21,23,26). The van der Waals surface area contributed by atoms with Crippen molar-refractivity contribution in [2.24, 2.45) is 0 Å². The topological polar surface area (TPSA) is 141 Å². The summed E-state index contributed by atoms with van der Waals surface area (Å²) in [4.78, 5) is 12.9. The average molecular weight is 487 g/mol. The van der Waals surface area contributed by atoms with Crippen LogP contribution in [0.15, 0.2) is 18.3 Å². The Bertz CT molecular complexity index is 1210. The van der Waals surface area contributed by atoms with Gasteiger partial charge in [0.15, 0.2) is 5.82 Å². The lowest BCUT2D eigenvalue weighted by Crippen LogP contribution is -2.27. The monoisotopic (exact) mass is 486 g/mol. The van der Waals surface area contributed by atoms with E-state index < -0.39 is 10.0 Å². The molecule has 0 aliphatic heterocycles. The van der Waals surface area contributed by atoms with Gasteiger partial charge in [0.25, 0.3) is 0 Å². The molecule has 0 saturated carbocycles. The summed E-state index contributed by atoms with van der Waals surface area (Å²) in [5.74, 6) is 1.14. The fourth-order valence-corrected chi connectivity index (χ4v) is 4.00. The predicted octanol–water partition coefficient (Wildman–Crippen LogP) is 2.56. The molecule has 0 atom stereocenters. The molecule has 0 saturated heterocycles. The summed E-state index contributed by atoms with van der Waals surface area (Å²) in [6, 6.07) is 3.29. The van der Waals surface area contributed by atoms with Gasteiger partial charge in [-0.2, -0.15) is 0 Å². The zero-order valence-corrected chi connectivity index (χ0v) is 19.2. The third kappa shape index (κ3) is 5.18. The van der Waals surface area contributed by atoms with Crippen LogP contribution in [0.25, 0.3) is 22.2 Å². The number of hydrogen-bond donors (Lipinski definition) is 3.